The van der Waals surface area contributed by atoms with Gasteiger partial charge in [0, 0.05) is 22.5 Å². The van der Waals surface area contributed by atoms with Gasteiger partial charge in [0.15, 0.2) is 0 Å². The molecule has 13 heavy (non-hydrogen) atoms. The lowest BCUT2D eigenvalue weighted by molar-refractivity contribution is 0.0660. The molecule has 0 aromatic heterocycles. The summed E-state index contributed by atoms with van der Waals surface area (Å²) in [4.78, 5) is 0. The summed E-state index contributed by atoms with van der Waals surface area (Å²) in [6.07, 6.45) is 0.288. The first-order valence-electron chi connectivity index (χ1n) is 4.84. The summed E-state index contributed by atoms with van der Waals surface area (Å²) in [5, 5.41) is 0.111. The number of rotatable bonds is 2. The predicted molar refractivity (Wildman–Crippen MR) is 51.1 cm³/mol. The highest BCUT2D eigenvalue weighted by Crippen LogP contribution is 2.32. The molecular formula is C9H16O3S. The van der Waals surface area contributed by atoms with Crippen molar-refractivity contribution in [2.24, 2.45) is 5.92 Å². The second-order valence-electron chi connectivity index (χ2n) is 3.78. The van der Waals surface area contributed by atoms with Crippen molar-refractivity contribution in [3.05, 3.63) is 0 Å². The molecule has 5 atom stereocenters. The van der Waals surface area contributed by atoms with Crippen molar-refractivity contribution in [3.8, 4) is 0 Å². The Bertz CT molecular complexity index is 219. The first kappa shape index (κ1) is 9.62. The van der Waals surface area contributed by atoms with E-state index < -0.39 is 10.8 Å². The van der Waals surface area contributed by atoms with Crippen LogP contribution in [0.15, 0.2) is 0 Å². The summed E-state index contributed by atoms with van der Waals surface area (Å²) in [5.41, 5.74) is 0. The molecule has 0 saturated carbocycles. The molecule has 2 saturated heterocycles. The van der Waals surface area contributed by atoms with Crippen LogP contribution >= 0.6 is 0 Å². The Morgan fingerprint density at radius 3 is 2.69 bits per heavy atom. The van der Waals surface area contributed by atoms with Crippen molar-refractivity contribution in [1.82, 2.24) is 0 Å². The van der Waals surface area contributed by atoms with Gasteiger partial charge in [-0.05, 0) is 0 Å². The third-order valence-electron chi connectivity index (χ3n) is 2.88. The number of hydrogen-bond donors (Lipinski definition) is 0. The smallest absolute Gasteiger partial charge is 0.101 e. The number of ether oxygens (including phenoxy) is 2. The SMILES string of the molecule is CCS(=O)C1COC2C(C)COC21. The van der Waals surface area contributed by atoms with Gasteiger partial charge in [-0.15, -0.1) is 0 Å². The first-order chi connectivity index (χ1) is 6.24. The fraction of sp³-hybridized carbons (Fsp3) is 1.00. The topological polar surface area (TPSA) is 35.5 Å². The van der Waals surface area contributed by atoms with Gasteiger partial charge in [-0.25, -0.2) is 0 Å². The fourth-order valence-corrected chi connectivity index (χ4v) is 3.29. The van der Waals surface area contributed by atoms with E-state index in [1.807, 2.05) is 6.92 Å². The van der Waals surface area contributed by atoms with Gasteiger partial charge < -0.3 is 9.47 Å². The summed E-state index contributed by atoms with van der Waals surface area (Å²) in [6.45, 7) is 5.44. The van der Waals surface area contributed by atoms with E-state index in [1.165, 1.54) is 0 Å². The highest BCUT2D eigenvalue weighted by molar-refractivity contribution is 7.85. The Morgan fingerprint density at radius 2 is 2.00 bits per heavy atom. The monoisotopic (exact) mass is 204 g/mol. The molecule has 0 bridgehead atoms. The molecule has 0 N–H and O–H groups in total. The summed E-state index contributed by atoms with van der Waals surface area (Å²) >= 11 is 0. The molecule has 76 valence electrons. The maximum atomic E-state index is 11.6. The number of hydrogen-bond acceptors (Lipinski definition) is 3. The van der Waals surface area contributed by atoms with Crippen molar-refractivity contribution >= 4 is 10.8 Å². The average molecular weight is 204 g/mol. The minimum absolute atomic E-state index is 0.0933. The number of fused-ring (bicyclic) bond motifs is 1. The second-order valence-corrected chi connectivity index (χ2v) is 5.73. The maximum absolute atomic E-state index is 11.6. The van der Waals surface area contributed by atoms with Gasteiger partial charge in [0.2, 0.25) is 0 Å². The molecule has 2 fully saturated rings. The Hall–Kier alpha value is 0.0700. The van der Waals surface area contributed by atoms with Crippen LogP contribution in [0.5, 0.6) is 0 Å². The van der Waals surface area contributed by atoms with Crippen LogP contribution in [0.4, 0.5) is 0 Å². The minimum Gasteiger partial charge on any atom is -0.374 e. The lowest BCUT2D eigenvalue weighted by Crippen LogP contribution is -2.32. The molecule has 0 spiro atoms. The van der Waals surface area contributed by atoms with Crippen LogP contribution in [-0.2, 0) is 20.3 Å². The van der Waals surface area contributed by atoms with E-state index in [0.717, 1.165) is 6.61 Å². The van der Waals surface area contributed by atoms with Crippen molar-refractivity contribution in [3.63, 3.8) is 0 Å². The van der Waals surface area contributed by atoms with E-state index in [0.29, 0.717) is 18.3 Å². The van der Waals surface area contributed by atoms with E-state index in [-0.39, 0.29) is 17.5 Å². The molecule has 2 heterocycles. The van der Waals surface area contributed by atoms with Crippen LogP contribution in [0.3, 0.4) is 0 Å². The van der Waals surface area contributed by atoms with Crippen molar-refractivity contribution in [2.75, 3.05) is 19.0 Å². The van der Waals surface area contributed by atoms with Crippen molar-refractivity contribution < 1.29 is 13.7 Å². The second kappa shape index (κ2) is 3.67. The molecule has 0 aliphatic carbocycles. The van der Waals surface area contributed by atoms with E-state index in [9.17, 15) is 4.21 Å². The molecule has 5 unspecified atom stereocenters. The lowest BCUT2D eigenvalue weighted by atomic mass is 10.0. The summed E-state index contributed by atoms with van der Waals surface area (Å²) < 4.78 is 22.8. The molecule has 0 aromatic rings. The van der Waals surface area contributed by atoms with E-state index in [2.05, 4.69) is 6.92 Å². The van der Waals surface area contributed by atoms with Gasteiger partial charge in [-0.1, -0.05) is 13.8 Å². The maximum Gasteiger partial charge on any atom is 0.101 e. The fourth-order valence-electron chi connectivity index (χ4n) is 2.09. The van der Waals surface area contributed by atoms with E-state index in [1.54, 1.807) is 0 Å². The molecule has 2 aliphatic heterocycles. The lowest BCUT2D eigenvalue weighted by Gasteiger charge is -2.14. The van der Waals surface area contributed by atoms with Crippen LogP contribution in [0.25, 0.3) is 0 Å². The average Bonchev–Trinajstić information content (AvgIpc) is 2.68. The Morgan fingerprint density at radius 1 is 1.31 bits per heavy atom. The van der Waals surface area contributed by atoms with E-state index in [4.69, 9.17) is 9.47 Å². The Labute approximate surface area is 81.2 Å². The molecule has 0 amide bonds. The molecule has 2 aliphatic rings. The molecule has 0 aromatic carbocycles. The molecule has 4 heteroatoms. The van der Waals surface area contributed by atoms with Crippen molar-refractivity contribution in [1.29, 1.82) is 0 Å². The molecule has 3 nitrogen and oxygen atoms in total. The van der Waals surface area contributed by atoms with Gasteiger partial charge in [0.1, 0.15) is 6.10 Å². The largest absolute Gasteiger partial charge is 0.374 e. The zero-order valence-corrected chi connectivity index (χ0v) is 8.88. The Kier molecular flexibility index (Phi) is 2.72. The zero-order valence-electron chi connectivity index (χ0n) is 8.06. The molecule has 2 rings (SSSR count). The van der Waals surface area contributed by atoms with Crippen LogP contribution < -0.4 is 0 Å². The zero-order chi connectivity index (χ0) is 9.42. The highest BCUT2D eigenvalue weighted by atomic mass is 32.2. The molecular weight excluding hydrogens is 188 g/mol. The minimum atomic E-state index is -0.778. The van der Waals surface area contributed by atoms with Gasteiger partial charge in [-0.2, -0.15) is 0 Å². The summed E-state index contributed by atoms with van der Waals surface area (Å²) in [5.74, 6) is 1.17. The van der Waals surface area contributed by atoms with Gasteiger partial charge in [0.05, 0.1) is 24.6 Å². The third-order valence-corrected chi connectivity index (χ3v) is 4.53. The standard InChI is InChI=1S/C9H16O3S/c1-3-13(10)7-5-12-8-6(2)4-11-9(7)8/h6-9H,3-5H2,1-2H3. The summed E-state index contributed by atoms with van der Waals surface area (Å²) in [7, 11) is -0.778. The normalized spacial score (nSPS) is 46.3. The quantitative estimate of drug-likeness (QED) is 0.659. The van der Waals surface area contributed by atoms with Crippen LogP contribution in [0.1, 0.15) is 13.8 Å². The molecule has 0 radical (unpaired) electrons. The first-order valence-corrected chi connectivity index (χ1v) is 6.22. The van der Waals surface area contributed by atoms with Gasteiger partial charge >= 0.3 is 0 Å². The summed E-state index contributed by atoms with van der Waals surface area (Å²) in [6, 6.07) is 0. The third kappa shape index (κ3) is 1.55. The highest BCUT2D eigenvalue weighted by Gasteiger charge is 2.47. The van der Waals surface area contributed by atoms with Crippen molar-refractivity contribution in [2.45, 2.75) is 31.3 Å². The van der Waals surface area contributed by atoms with Crippen LogP contribution in [0.2, 0.25) is 0 Å². The van der Waals surface area contributed by atoms with E-state index >= 15 is 0 Å². The Balaban J connectivity index is 2.06. The predicted octanol–water partition coefficient (Wildman–Crippen LogP) is 0.557. The van der Waals surface area contributed by atoms with Crippen LogP contribution in [0, 0.1) is 5.92 Å². The van der Waals surface area contributed by atoms with Gasteiger partial charge in [0.25, 0.3) is 0 Å². The van der Waals surface area contributed by atoms with Gasteiger partial charge in [-0.3, -0.25) is 4.21 Å². The van der Waals surface area contributed by atoms with Crippen LogP contribution in [-0.4, -0.2) is 40.6 Å².